The fraction of sp³-hybridized carbons (Fsp3) is 0.389. The first-order chi connectivity index (χ1) is 11.6. The summed E-state index contributed by atoms with van der Waals surface area (Å²) < 4.78 is 18.7. The van der Waals surface area contributed by atoms with Crippen molar-refractivity contribution in [2.75, 3.05) is 20.2 Å². The summed E-state index contributed by atoms with van der Waals surface area (Å²) in [6, 6.07) is 6.26. The van der Waals surface area contributed by atoms with Crippen molar-refractivity contribution in [1.82, 2.24) is 14.9 Å². The highest BCUT2D eigenvalue weighted by Gasteiger charge is 2.25. The fourth-order valence-corrected chi connectivity index (χ4v) is 3.06. The SMILES string of the molecule is COc1ccc(C(=O)N2CCC(c3ccnc(C)n3)CC2)cc1F. The summed E-state index contributed by atoms with van der Waals surface area (Å²) in [5.74, 6) is 0.580. The number of aryl methyl sites for hydroxylation is 1. The molecular weight excluding hydrogens is 309 g/mol. The number of hydrogen-bond acceptors (Lipinski definition) is 4. The molecular formula is C18H20FN3O2. The van der Waals surface area contributed by atoms with Crippen LogP contribution in [0.15, 0.2) is 30.5 Å². The number of benzene rings is 1. The van der Waals surface area contributed by atoms with Crippen LogP contribution < -0.4 is 4.74 Å². The van der Waals surface area contributed by atoms with Gasteiger partial charge in [-0.15, -0.1) is 0 Å². The van der Waals surface area contributed by atoms with E-state index in [1.54, 1.807) is 17.2 Å². The van der Waals surface area contributed by atoms with E-state index in [1.165, 1.54) is 19.2 Å². The van der Waals surface area contributed by atoms with Gasteiger partial charge >= 0.3 is 0 Å². The van der Waals surface area contributed by atoms with Crippen LogP contribution in [-0.2, 0) is 0 Å². The van der Waals surface area contributed by atoms with Crippen LogP contribution in [0.1, 0.15) is 40.6 Å². The molecule has 1 aliphatic rings. The molecule has 0 bridgehead atoms. The van der Waals surface area contributed by atoms with Gasteiger partial charge in [0.1, 0.15) is 5.82 Å². The third-order valence-corrected chi connectivity index (χ3v) is 4.40. The van der Waals surface area contributed by atoms with Gasteiger partial charge < -0.3 is 9.64 Å². The van der Waals surface area contributed by atoms with E-state index in [0.29, 0.717) is 24.6 Å². The molecule has 1 aliphatic heterocycles. The quantitative estimate of drug-likeness (QED) is 0.869. The van der Waals surface area contributed by atoms with Crippen molar-refractivity contribution in [1.29, 1.82) is 0 Å². The molecule has 24 heavy (non-hydrogen) atoms. The van der Waals surface area contributed by atoms with Crippen molar-refractivity contribution in [3.05, 3.63) is 53.4 Å². The first kappa shape index (κ1) is 16.4. The molecule has 0 atom stereocenters. The number of halogens is 1. The average Bonchev–Trinajstić information content (AvgIpc) is 2.61. The zero-order valence-electron chi connectivity index (χ0n) is 13.8. The second-order valence-corrected chi connectivity index (χ2v) is 5.94. The van der Waals surface area contributed by atoms with E-state index in [9.17, 15) is 9.18 Å². The van der Waals surface area contributed by atoms with Crippen molar-refractivity contribution in [2.45, 2.75) is 25.7 Å². The summed E-state index contributed by atoms with van der Waals surface area (Å²) in [6.07, 6.45) is 3.47. The monoisotopic (exact) mass is 329 g/mol. The Hall–Kier alpha value is -2.50. The molecule has 126 valence electrons. The maximum atomic E-state index is 13.8. The van der Waals surface area contributed by atoms with E-state index in [4.69, 9.17) is 4.74 Å². The molecule has 1 aromatic heterocycles. The Balaban J connectivity index is 1.66. The maximum Gasteiger partial charge on any atom is 0.253 e. The summed E-state index contributed by atoms with van der Waals surface area (Å²) in [5.41, 5.74) is 1.38. The number of rotatable bonds is 3. The Kier molecular flexibility index (Phi) is 4.74. The van der Waals surface area contributed by atoms with Gasteiger partial charge in [0, 0.05) is 36.5 Å². The molecule has 5 nitrogen and oxygen atoms in total. The second kappa shape index (κ2) is 6.95. The number of aromatic nitrogens is 2. The number of amides is 1. The number of ether oxygens (including phenoxy) is 1. The minimum Gasteiger partial charge on any atom is -0.494 e. The van der Waals surface area contributed by atoms with Crippen LogP contribution in [0.5, 0.6) is 5.75 Å². The number of carbonyl (C=O) groups excluding carboxylic acids is 1. The zero-order valence-corrected chi connectivity index (χ0v) is 13.8. The Bertz CT molecular complexity index is 743. The van der Waals surface area contributed by atoms with Crippen molar-refractivity contribution in [3.8, 4) is 5.75 Å². The largest absolute Gasteiger partial charge is 0.494 e. The van der Waals surface area contributed by atoms with Gasteiger partial charge in [0.15, 0.2) is 11.6 Å². The Morgan fingerprint density at radius 3 is 2.67 bits per heavy atom. The third kappa shape index (κ3) is 3.37. The van der Waals surface area contributed by atoms with Crippen LogP contribution >= 0.6 is 0 Å². The minimum absolute atomic E-state index is 0.143. The summed E-state index contributed by atoms with van der Waals surface area (Å²) in [7, 11) is 1.40. The van der Waals surface area contributed by atoms with Gasteiger partial charge in [-0.05, 0) is 44.0 Å². The molecule has 1 saturated heterocycles. The van der Waals surface area contributed by atoms with Gasteiger partial charge in [0.2, 0.25) is 0 Å². The van der Waals surface area contributed by atoms with E-state index < -0.39 is 5.82 Å². The Morgan fingerprint density at radius 2 is 2.04 bits per heavy atom. The lowest BCUT2D eigenvalue weighted by Crippen LogP contribution is -2.38. The fourth-order valence-electron chi connectivity index (χ4n) is 3.06. The topological polar surface area (TPSA) is 55.3 Å². The van der Waals surface area contributed by atoms with Crippen LogP contribution in [-0.4, -0.2) is 41.0 Å². The lowest BCUT2D eigenvalue weighted by Gasteiger charge is -2.32. The third-order valence-electron chi connectivity index (χ3n) is 4.40. The predicted molar refractivity (Wildman–Crippen MR) is 87.6 cm³/mol. The number of nitrogens with zero attached hydrogens (tertiary/aromatic N) is 3. The van der Waals surface area contributed by atoms with E-state index >= 15 is 0 Å². The highest BCUT2D eigenvalue weighted by molar-refractivity contribution is 5.94. The minimum atomic E-state index is -0.519. The number of carbonyl (C=O) groups is 1. The first-order valence-corrected chi connectivity index (χ1v) is 8.01. The molecule has 0 unspecified atom stereocenters. The van der Waals surface area contributed by atoms with E-state index in [0.717, 1.165) is 24.4 Å². The lowest BCUT2D eigenvalue weighted by molar-refractivity contribution is 0.0711. The second-order valence-electron chi connectivity index (χ2n) is 5.94. The molecule has 1 aromatic carbocycles. The lowest BCUT2D eigenvalue weighted by atomic mass is 9.93. The number of methoxy groups -OCH3 is 1. The van der Waals surface area contributed by atoms with Crippen molar-refractivity contribution in [2.24, 2.45) is 0 Å². The Labute approximate surface area is 140 Å². The summed E-state index contributed by atoms with van der Waals surface area (Å²) in [4.78, 5) is 22.9. The average molecular weight is 329 g/mol. The summed E-state index contributed by atoms with van der Waals surface area (Å²) >= 11 is 0. The van der Waals surface area contributed by atoms with Gasteiger partial charge in [0.25, 0.3) is 5.91 Å². The molecule has 0 radical (unpaired) electrons. The highest BCUT2D eigenvalue weighted by Crippen LogP contribution is 2.27. The predicted octanol–water partition coefficient (Wildman–Crippen LogP) is 2.95. The van der Waals surface area contributed by atoms with Crippen molar-refractivity contribution < 1.29 is 13.9 Å². The summed E-state index contributed by atoms with van der Waals surface area (Å²) in [6.45, 7) is 3.15. The molecule has 0 saturated carbocycles. The van der Waals surface area contributed by atoms with Crippen LogP contribution in [0.4, 0.5) is 4.39 Å². The van der Waals surface area contributed by atoms with Gasteiger partial charge in [0.05, 0.1) is 7.11 Å². The van der Waals surface area contributed by atoms with E-state index in [2.05, 4.69) is 9.97 Å². The van der Waals surface area contributed by atoms with Gasteiger partial charge in [-0.1, -0.05) is 0 Å². The van der Waals surface area contributed by atoms with Gasteiger partial charge in [-0.3, -0.25) is 4.79 Å². The standard InChI is InChI=1S/C18H20FN3O2/c1-12-20-8-5-16(21-12)13-6-9-22(10-7-13)18(23)14-3-4-17(24-2)15(19)11-14/h3-5,8,11,13H,6-7,9-10H2,1-2H3. The molecule has 2 aromatic rings. The van der Waals surface area contributed by atoms with E-state index in [-0.39, 0.29) is 11.7 Å². The van der Waals surface area contributed by atoms with Gasteiger partial charge in [-0.25, -0.2) is 14.4 Å². The Morgan fingerprint density at radius 1 is 1.29 bits per heavy atom. The normalized spacial score (nSPS) is 15.4. The molecule has 0 spiro atoms. The number of hydrogen-bond donors (Lipinski definition) is 0. The zero-order chi connectivity index (χ0) is 17.1. The molecule has 3 rings (SSSR count). The van der Waals surface area contributed by atoms with Gasteiger partial charge in [-0.2, -0.15) is 0 Å². The van der Waals surface area contributed by atoms with Crippen LogP contribution in [0.25, 0.3) is 0 Å². The maximum absolute atomic E-state index is 13.8. The van der Waals surface area contributed by atoms with Crippen LogP contribution in [0.3, 0.4) is 0 Å². The summed E-state index contributed by atoms with van der Waals surface area (Å²) in [5, 5.41) is 0. The smallest absolute Gasteiger partial charge is 0.253 e. The van der Waals surface area contributed by atoms with Crippen LogP contribution in [0, 0.1) is 12.7 Å². The molecule has 1 amide bonds. The molecule has 0 N–H and O–H groups in total. The highest BCUT2D eigenvalue weighted by atomic mass is 19.1. The first-order valence-electron chi connectivity index (χ1n) is 8.01. The van der Waals surface area contributed by atoms with Crippen molar-refractivity contribution in [3.63, 3.8) is 0 Å². The van der Waals surface area contributed by atoms with Crippen LogP contribution in [0.2, 0.25) is 0 Å². The van der Waals surface area contributed by atoms with E-state index in [1.807, 2.05) is 13.0 Å². The number of likely N-dealkylation sites (tertiary alicyclic amines) is 1. The molecule has 2 heterocycles. The molecule has 0 aliphatic carbocycles. The number of piperidine rings is 1. The molecule has 6 heteroatoms. The van der Waals surface area contributed by atoms with Crippen molar-refractivity contribution >= 4 is 5.91 Å². The molecule has 1 fully saturated rings.